The summed E-state index contributed by atoms with van der Waals surface area (Å²) in [6.45, 7) is 3.71. The van der Waals surface area contributed by atoms with Crippen molar-refractivity contribution in [3.63, 3.8) is 0 Å². The Hall–Kier alpha value is -2.30. The van der Waals surface area contributed by atoms with E-state index in [1.54, 1.807) is 32.1 Å². The second kappa shape index (κ2) is 7.33. The summed E-state index contributed by atoms with van der Waals surface area (Å²) in [7, 11) is 0. The first-order chi connectivity index (χ1) is 9.40. The molecule has 0 fully saturated rings. The summed E-state index contributed by atoms with van der Waals surface area (Å²) in [4.78, 5) is 22.6. The van der Waals surface area contributed by atoms with Crippen LogP contribution in [0.4, 0.5) is 0 Å². The van der Waals surface area contributed by atoms with Crippen LogP contribution in [0.2, 0.25) is 0 Å². The Labute approximate surface area is 117 Å². The number of aromatic hydroxyl groups is 1. The summed E-state index contributed by atoms with van der Waals surface area (Å²) < 4.78 is 0. The molecule has 0 aliphatic heterocycles. The Balaban J connectivity index is 2.51. The molecule has 20 heavy (non-hydrogen) atoms. The Morgan fingerprint density at radius 3 is 2.35 bits per heavy atom. The fourth-order valence-corrected chi connectivity index (χ4v) is 1.63. The van der Waals surface area contributed by atoms with Crippen molar-refractivity contribution in [3.05, 3.63) is 35.9 Å². The summed E-state index contributed by atoms with van der Waals surface area (Å²) in [5.74, 6) is -1.74. The number of carboxylic acids is 1. The molecule has 3 N–H and O–H groups in total. The van der Waals surface area contributed by atoms with Gasteiger partial charge in [0.2, 0.25) is 5.91 Å². The number of carbonyl (C=O) groups is 2. The number of hydrogen-bond acceptors (Lipinski definition) is 3. The first-order valence-corrected chi connectivity index (χ1v) is 6.38. The van der Waals surface area contributed by atoms with E-state index in [1.807, 2.05) is 0 Å². The number of hydrogen-bond donors (Lipinski definition) is 3. The van der Waals surface area contributed by atoms with E-state index in [0.29, 0.717) is 0 Å². The smallest absolute Gasteiger partial charge is 0.308 e. The highest BCUT2D eigenvalue weighted by molar-refractivity contribution is 5.92. The van der Waals surface area contributed by atoms with E-state index in [-0.39, 0.29) is 24.1 Å². The molecule has 1 amide bonds. The predicted molar refractivity (Wildman–Crippen MR) is 76.1 cm³/mol. The molecule has 5 heteroatoms. The van der Waals surface area contributed by atoms with Crippen molar-refractivity contribution in [3.8, 4) is 5.75 Å². The van der Waals surface area contributed by atoms with E-state index in [0.717, 1.165) is 5.56 Å². The molecule has 0 aliphatic carbocycles. The van der Waals surface area contributed by atoms with Gasteiger partial charge in [0, 0.05) is 12.6 Å². The van der Waals surface area contributed by atoms with Crippen LogP contribution in [0.15, 0.2) is 30.3 Å². The number of carboxylic acid groups (broad SMARTS) is 1. The minimum atomic E-state index is -0.914. The molecule has 1 aromatic rings. The zero-order valence-corrected chi connectivity index (χ0v) is 11.5. The number of phenolic OH excluding ortho intramolecular Hbond substituents is 1. The lowest BCUT2D eigenvalue weighted by molar-refractivity contribution is -0.143. The molecule has 0 spiro atoms. The van der Waals surface area contributed by atoms with Crippen molar-refractivity contribution in [1.29, 1.82) is 0 Å². The summed E-state index contributed by atoms with van der Waals surface area (Å²) in [6.07, 6.45) is 2.94. The van der Waals surface area contributed by atoms with Crippen LogP contribution in [0.25, 0.3) is 6.08 Å². The number of nitrogens with one attached hydrogen (secondary N) is 1. The molecule has 5 nitrogen and oxygen atoms in total. The van der Waals surface area contributed by atoms with Gasteiger partial charge in [0.25, 0.3) is 0 Å². The highest BCUT2D eigenvalue weighted by Gasteiger charge is 2.21. The summed E-state index contributed by atoms with van der Waals surface area (Å²) in [5.41, 5.74) is 0.775. The maximum absolute atomic E-state index is 11.6. The Bertz CT molecular complexity index is 491. The molecule has 0 saturated heterocycles. The summed E-state index contributed by atoms with van der Waals surface area (Å²) in [5, 5.41) is 20.7. The van der Waals surface area contributed by atoms with Gasteiger partial charge in [-0.1, -0.05) is 26.0 Å². The Morgan fingerprint density at radius 2 is 1.85 bits per heavy atom. The van der Waals surface area contributed by atoms with Crippen molar-refractivity contribution >= 4 is 18.0 Å². The van der Waals surface area contributed by atoms with E-state index < -0.39 is 11.9 Å². The minimum absolute atomic E-state index is 0.0473. The minimum Gasteiger partial charge on any atom is -0.508 e. The SMILES string of the molecule is CC(C)C(CNC(=O)C=Cc1ccc(O)cc1)C(=O)O. The lowest BCUT2D eigenvalue weighted by Crippen LogP contribution is -2.34. The van der Waals surface area contributed by atoms with Gasteiger partial charge < -0.3 is 15.5 Å². The molecule has 0 aromatic heterocycles. The number of rotatable bonds is 6. The summed E-state index contributed by atoms with van der Waals surface area (Å²) >= 11 is 0. The van der Waals surface area contributed by atoms with E-state index in [2.05, 4.69) is 5.32 Å². The topological polar surface area (TPSA) is 86.6 Å². The van der Waals surface area contributed by atoms with Crippen LogP contribution in [-0.4, -0.2) is 28.6 Å². The molecular weight excluding hydrogens is 258 g/mol. The van der Waals surface area contributed by atoms with Crippen LogP contribution >= 0.6 is 0 Å². The third kappa shape index (κ3) is 5.14. The first kappa shape index (κ1) is 15.8. The number of benzene rings is 1. The molecular formula is C15H19NO4. The second-order valence-corrected chi connectivity index (χ2v) is 4.86. The van der Waals surface area contributed by atoms with Crippen molar-refractivity contribution in [2.24, 2.45) is 11.8 Å². The number of amides is 1. The van der Waals surface area contributed by atoms with Crippen LogP contribution in [0.5, 0.6) is 5.75 Å². The van der Waals surface area contributed by atoms with Crippen LogP contribution in [0, 0.1) is 11.8 Å². The van der Waals surface area contributed by atoms with Crippen molar-refractivity contribution in [2.45, 2.75) is 13.8 Å². The molecule has 1 unspecified atom stereocenters. The standard InChI is InChI=1S/C15H19NO4/c1-10(2)13(15(19)20)9-16-14(18)8-5-11-3-6-12(17)7-4-11/h3-8,10,13,17H,9H2,1-2H3,(H,16,18)(H,19,20). The molecule has 1 aromatic carbocycles. The normalized spacial score (nSPS) is 12.6. The van der Waals surface area contributed by atoms with Gasteiger partial charge in [-0.2, -0.15) is 0 Å². The molecule has 0 bridgehead atoms. The van der Waals surface area contributed by atoms with E-state index in [4.69, 9.17) is 10.2 Å². The molecule has 0 aliphatic rings. The average molecular weight is 277 g/mol. The molecule has 108 valence electrons. The Morgan fingerprint density at radius 1 is 1.25 bits per heavy atom. The number of carbonyl (C=O) groups excluding carboxylic acids is 1. The maximum atomic E-state index is 11.6. The van der Waals surface area contributed by atoms with Crippen LogP contribution in [0.1, 0.15) is 19.4 Å². The lowest BCUT2D eigenvalue weighted by Gasteiger charge is -2.15. The van der Waals surface area contributed by atoms with Crippen LogP contribution in [-0.2, 0) is 9.59 Å². The highest BCUT2D eigenvalue weighted by atomic mass is 16.4. The molecule has 1 rings (SSSR count). The van der Waals surface area contributed by atoms with Crippen LogP contribution in [0.3, 0.4) is 0 Å². The molecule has 0 saturated carbocycles. The molecule has 1 atom stereocenters. The zero-order chi connectivity index (χ0) is 15.1. The van der Waals surface area contributed by atoms with Crippen molar-refractivity contribution in [1.82, 2.24) is 5.32 Å². The van der Waals surface area contributed by atoms with Gasteiger partial charge in [0.15, 0.2) is 0 Å². The van der Waals surface area contributed by atoms with E-state index >= 15 is 0 Å². The van der Waals surface area contributed by atoms with Gasteiger partial charge in [-0.15, -0.1) is 0 Å². The van der Waals surface area contributed by atoms with Crippen molar-refractivity contribution < 1.29 is 19.8 Å². The monoisotopic (exact) mass is 277 g/mol. The fourth-order valence-electron chi connectivity index (χ4n) is 1.63. The van der Waals surface area contributed by atoms with Gasteiger partial charge in [0.1, 0.15) is 5.75 Å². The largest absolute Gasteiger partial charge is 0.508 e. The second-order valence-electron chi connectivity index (χ2n) is 4.86. The van der Waals surface area contributed by atoms with Crippen molar-refractivity contribution in [2.75, 3.05) is 6.54 Å². The molecule has 0 radical (unpaired) electrons. The van der Waals surface area contributed by atoms with E-state index in [1.165, 1.54) is 18.2 Å². The first-order valence-electron chi connectivity index (χ1n) is 6.38. The van der Waals surface area contributed by atoms with Gasteiger partial charge >= 0.3 is 5.97 Å². The highest BCUT2D eigenvalue weighted by Crippen LogP contribution is 2.11. The Kier molecular flexibility index (Phi) is 5.77. The van der Waals surface area contributed by atoms with Crippen LogP contribution < -0.4 is 5.32 Å². The van der Waals surface area contributed by atoms with Gasteiger partial charge in [0.05, 0.1) is 5.92 Å². The molecule has 0 heterocycles. The maximum Gasteiger partial charge on any atom is 0.308 e. The van der Waals surface area contributed by atoms with Gasteiger partial charge in [-0.05, 0) is 29.7 Å². The third-order valence-electron chi connectivity index (χ3n) is 2.94. The van der Waals surface area contributed by atoms with Gasteiger partial charge in [-0.25, -0.2) is 0 Å². The average Bonchev–Trinajstić information content (AvgIpc) is 2.37. The fraction of sp³-hybridized carbons (Fsp3) is 0.333. The summed E-state index contributed by atoms with van der Waals surface area (Å²) in [6, 6.07) is 6.40. The predicted octanol–water partition coefficient (Wildman–Crippen LogP) is 1.88. The van der Waals surface area contributed by atoms with Gasteiger partial charge in [-0.3, -0.25) is 9.59 Å². The number of aliphatic carboxylic acids is 1. The third-order valence-corrected chi connectivity index (χ3v) is 2.94. The lowest BCUT2D eigenvalue weighted by atomic mass is 9.96. The van der Waals surface area contributed by atoms with E-state index in [9.17, 15) is 9.59 Å². The zero-order valence-electron chi connectivity index (χ0n) is 11.5. The quantitative estimate of drug-likeness (QED) is 0.693. The number of phenols is 1.